The zero-order valence-corrected chi connectivity index (χ0v) is 22.9. The second-order valence-electron chi connectivity index (χ2n) is 9.19. The molecule has 37 heavy (non-hydrogen) atoms. The predicted octanol–water partition coefficient (Wildman–Crippen LogP) is 4.36. The van der Waals surface area contributed by atoms with Crippen molar-refractivity contribution in [2.24, 2.45) is 0 Å². The SMILES string of the molecule is CCNC(=O)[C@@H](C)N(Cc1ccc(C)cc1)C(=O)CN(c1ccc(C)cc1C)S(=O)(=O)c1ccccc1. The van der Waals surface area contributed by atoms with Crippen molar-refractivity contribution >= 4 is 27.5 Å². The maximum absolute atomic E-state index is 13.8. The van der Waals surface area contributed by atoms with Crippen LogP contribution in [0.4, 0.5) is 5.69 Å². The maximum Gasteiger partial charge on any atom is 0.264 e. The van der Waals surface area contributed by atoms with Crippen LogP contribution in [0.1, 0.15) is 36.1 Å². The van der Waals surface area contributed by atoms with E-state index < -0.39 is 28.5 Å². The molecule has 0 heterocycles. The number of likely N-dealkylation sites (N-methyl/N-ethyl adjacent to an activating group) is 1. The number of nitrogens with one attached hydrogen (secondary N) is 1. The summed E-state index contributed by atoms with van der Waals surface area (Å²) in [7, 11) is -4.07. The molecule has 3 rings (SSSR count). The third-order valence-corrected chi connectivity index (χ3v) is 8.00. The van der Waals surface area contributed by atoms with Gasteiger partial charge >= 0.3 is 0 Å². The topological polar surface area (TPSA) is 86.8 Å². The lowest BCUT2D eigenvalue weighted by molar-refractivity contribution is -0.139. The molecule has 0 radical (unpaired) electrons. The first-order valence-electron chi connectivity index (χ1n) is 12.3. The predicted molar refractivity (Wildman–Crippen MR) is 147 cm³/mol. The van der Waals surface area contributed by atoms with E-state index in [2.05, 4.69) is 5.32 Å². The number of rotatable bonds is 10. The van der Waals surface area contributed by atoms with E-state index >= 15 is 0 Å². The van der Waals surface area contributed by atoms with Crippen LogP contribution in [-0.4, -0.2) is 44.3 Å². The highest BCUT2D eigenvalue weighted by Crippen LogP contribution is 2.28. The Bertz CT molecular complexity index is 1340. The van der Waals surface area contributed by atoms with Crippen molar-refractivity contribution in [3.05, 3.63) is 95.1 Å². The van der Waals surface area contributed by atoms with Crippen LogP contribution in [0.25, 0.3) is 0 Å². The van der Waals surface area contributed by atoms with E-state index in [0.29, 0.717) is 12.2 Å². The average Bonchev–Trinajstić information content (AvgIpc) is 2.87. The molecule has 0 unspecified atom stereocenters. The third kappa shape index (κ3) is 6.77. The summed E-state index contributed by atoms with van der Waals surface area (Å²) in [5, 5.41) is 2.77. The number of hydrogen-bond acceptors (Lipinski definition) is 4. The van der Waals surface area contributed by atoms with Gasteiger partial charge in [0.05, 0.1) is 10.6 Å². The normalized spacial score (nSPS) is 12.0. The minimum Gasteiger partial charge on any atom is -0.355 e. The van der Waals surface area contributed by atoms with Crippen LogP contribution >= 0.6 is 0 Å². The Kier molecular flexibility index (Phi) is 9.10. The molecule has 0 bridgehead atoms. The Morgan fingerprint density at radius 1 is 0.892 bits per heavy atom. The molecule has 0 fully saturated rings. The van der Waals surface area contributed by atoms with E-state index in [1.54, 1.807) is 31.2 Å². The first-order chi connectivity index (χ1) is 17.5. The second-order valence-corrected chi connectivity index (χ2v) is 11.1. The number of nitrogens with zero attached hydrogens (tertiary/aromatic N) is 2. The van der Waals surface area contributed by atoms with Gasteiger partial charge in [0.15, 0.2) is 0 Å². The Morgan fingerprint density at radius 3 is 2.11 bits per heavy atom. The van der Waals surface area contributed by atoms with Gasteiger partial charge in [0.25, 0.3) is 10.0 Å². The minimum absolute atomic E-state index is 0.0876. The van der Waals surface area contributed by atoms with Crippen LogP contribution in [0.3, 0.4) is 0 Å². The van der Waals surface area contributed by atoms with Crippen LogP contribution < -0.4 is 9.62 Å². The quantitative estimate of drug-likeness (QED) is 0.430. The molecule has 2 amide bonds. The summed E-state index contributed by atoms with van der Waals surface area (Å²) in [4.78, 5) is 28.1. The maximum atomic E-state index is 13.8. The summed E-state index contributed by atoms with van der Waals surface area (Å²) in [5.41, 5.74) is 4.06. The molecule has 0 aliphatic heterocycles. The lowest BCUT2D eigenvalue weighted by Gasteiger charge is -2.32. The van der Waals surface area contributed by atoms with Gasteiger partial charge in [-0.15, -0.1) is 0 Å². The summed E-state index contributed by atoms with van der Waals surface area (Å²) < 4.78 is 28.8. The number of hydrogen-bond donors (Lipinski definition) is 1. The van der Waals surface area contributed by atoms with Crippen molar-refractivity contribution in [2.45, 2.75) is 52.1 Å². The number of carbonyl (C=O) groups excluding carboxylic acids is 2. The smallest absolute Gasteiger partial charge is 0.264 e. The summed E-state index contributed by atoms with van der Waals surface area (Å²) in [6.07, 6.45) is 0. The highest BCUT2D eigenvalue weighted by atomic mass is 32.2. The van der Waals surface area contributed by atoms with E-state index in [0.717, 1.165) is 26.6 Å². The number of sulfonamides is 1. The first kappa shape index (κ1) is 27.9. The van der Waals surface area contributed by atoms with Crippen molar-refractivity contribution in [3.8, 4) is 0 Å². The summed E-state index contributed by atoms with van der Waals surface area (Å²) in [5.74, 6) is -0.772. The van der Waals surface area contributed by atoms with E-state index in [-0.39, 0.29) is 17.3 Å². The fourth-order valence-corrected chi connectivity index (χ4v) is 5.61. The van der Waals surface area contributed by atoms with Gasteiger partial charge in [-0.1, -0.05) is 65.7 Å². The van der Waals surface area contributed by atoms with Crippen molar-refractivity contribution in [3.63, 3.8) is 0 Å². The second kappa shape index (κ2) is 12.1. The highest BCUT2D eigenvalue weighted by molar-refractivity contribution is 7.92. The molecular weight excluding hydrogens is 486 g/mol. The van der Waals surface area contributed by atoms with Crippen LogP contribution in [0.15, 0.2) is 77.7 Å². The van der Waals surface area contributed by atoms with Gasteiger partial charge in [0.2, 0.25) is 11.8 Å². The molecular formula is C29H35N3O4S. The molecule has 0 spiro atoms. The van der Waals surface area contributed by atoms with Crippen LogP contribution in [0, 0.1) is 20.8 Å². The van der Waals surface area contributed by atoms with Crippen molar-refractivity contribution in [1.29, 1.82) is 0 Å². The lowest BCUT2D eigenvalue weighted by atomic mass is 10.1. The Labute approximate surface area is 220 Å². The number of aryl methyl sites for hydroxylation is 3. The van der Waals surface area contributed by atoms with E-state index in [9.17, 15) is 18.0 Å². The summed E-state index contributed by atoms with van der Waals surface area (Å²) in [6.45, 7) is 9.33. The molecule has 1 atom stereocenters. The number of benzene rings is 3. The van der Waals surface area contributed by atoms with Crippen LogP contribution in [0.2, 0.25) is 0 Å². The largest absolute Gasteiger partial charge is 0.355 e. The highest BCUT2D eigenvalue weighted by Gasteiger charge is 2.33. The molecule has 0 aliphatic rings. The van der Waals surface area contributed by atoms with E-state index in [4.69, 9.17) is 0 Å². The average molecular weight is 522 g/mol. The number of amides is 2. The van der Waals surface area contributed by atoms with Gasteiger partial charge in [-0.25, -0.2) is 8.42 Å². The lowest BCUT2D eigenvalue weighted by Crippen LogP contribution is -2.51. The van der Waals surface area contributed by atoms with Crippen molar-refractivity contribution in [1.82, 2.24) is 10.2 Å². The molecule has 0 aromatic heterocycles. The number of carbonyl (C=O) groups is 2. The molecule has 8 heteroatoms. The summed E-state index contributed by atoms with van der Waals surface area (Å²) in [6, 6.07) is 20.4. The number of anilines is 1. The Hall–Kier alpha value is -3.65. The zero-order valence-electron chi connectivity index (χ0n) is 22.1. The molecule has 196 valence electrons. The fraction of sp³-hybridized carbons (Fsp3) is 0.310. The van der Waals surface area contributed by atoms with Crippen LogP contribution in [-0.2, 0) is 26.2 Å². The molecule has 3 aromatic carbocycles. The van der Waals surface area contributed by atoms with Gasteiger partial charge in [-0.2, -0.15) is 0 Å². The Morgan fingerprint density at radius 2 is 1.51 bits per heavy atom. The monoisotopic (exact) mass is 521 g/mol. The molecule has 0 aliphatic carbocycles. The van der Waals surface area contributed by atoms with Gasteiger partial charge in [0, 0.05) is 13.1 Å². The molecule has 1 N–H and O–H groups in total. The standard InChI is InChI=1S/C29H35N3O4S/c1-6-30-29(34)24(5)31(19-25-15-12-21(2)13-16-25)28(33)20-32(27-17-14-22(3)18-23(27)4)37(35,36)26-10-8-7-9-11-26/h7-18,24H,6,19-20H2,1-5H3,(H,30,34)/t24-/m1/s1. The van der Waals surface area contributed by atoms with Gasteiger partial charge in [-0.3, -0.25) is 13.9 Å². The van der Waals surface area contributed by atoms with Crippen LogP contribution in [0.5, 0.6) is 0 Å². The fourth-order valence-electron chi connectivity index (χ4n) is 4.11. The van der Waals surface area contributed by atoms with Gasteiger partial charge in [-0.05, 0) is 63.9 Å². The zero-order chi connectivity index (χ0) is 27.2. The molecule has 0 saturated heterocycles. The Balaban J connectivity index is 2.04. The molecule has 3 aromatic rings. The summed E-state index contributed by atoms with van der Waals surface area (Å²) >= 11 is 0. The van der Waals surface area contributed by atoms with Crippen molar-refractivity contribution in [2.75, 3.05) is 17.4 Å². The third-order valence-electron chi connectivity index (χ3n) is 6.22. The van der Waals surface area contributed by atoms with Crippen molar-refractivity contribution < 1.29 is 18.0 Å². The molecule has 0 saturated carbocycles. The first-order valence-corrected chi connectivity index (χ1v) is 13.8. The minimum atomic E-state index is -4.07. The van der Waals surface area contributed by atoms with E-state index in [1.807, 2.05) is 64.1 Å². The van der Waals surface area contributed by atoms with Gasteiger partial charge < -0.3 is 10.2 Å². The molecule has 7 nitrogen and oxygen atoms in total. The van der Waals surface area contributed by atoms with E-state index in [1.165, 1.54) is 17.0 Å². The van der Waals surface area contributed by atoms with Gasteiger partial charge in [0.1, 0.15) is 12.6 Å².